The average molecular weight is 545 g/mol. The van der Waals surface area contributed by atoms with Gasteiger partial charge in [-0.15, -0.1) is 13.2 Å². The van der Waals surface area contributed by atoms with E-state index in [1.807, 2.05) is 0 Å². The van der Waals surface area contributed by atoms with Crippen LogP contribution < -0.4 is 4.74 Å². The molecule has 184 valence electrons. The van der Waals surface area contributed by atoms with Crippen LogP contribution in [0.3, 0.4) is 0 Å². The van der Waals surface area contributed by atoms with Crippen molar-refractivity contribution < 1.29 is 31.4 Å². The molecule has 0 spiro atoms. The number of benzene rings is 3. The number of hydrogen-bond donors (Lipinski definition) is 2. The van der Waals surface area contributed by atoms with Gasteiger partial charge in [0.05, 0.1) is 33.0 Å². The van der Waals surface area contributed by atoms with Gasteiger partial charge in [0.15, 0.2) is 9.84 Å². The van der Waals surface area contributed by atoms with Crippen LogP contribution in [0.2, 0.25) is 10.0 Å². The molecule has 1 aromatic heterocycles. The monoisotopic (exact) mass is 544 g/mol. The summed E-state index contributed by atoms with van der Waals surface area (Å²) in [7, 11) is -3.39. The highest BCUT2D eigenvalue weighted by Crippen LogP contribution is 2.44. The lowest BCUT2D eigenvalue weighted by molar-refractivity contribution is -0.274. The fourth-order valence-electron chi connectivity index (χ4n) is 3.70. The second kappa shape index (κ2) is 9.34. The van der Waals surface area contributed by atoms with Crippen molar-refractivity contribution in [2.45, 2.75) is 17.2 Å². The van der Waals surface area contributed by atoms with Crippen LogP contribution in [-0.2, 0) is 9.84 Å². The zero-order valence-corrected chi connectivity index (χ0v) is 20.2. The third-order valence-electron chi connectivity index (χ3n) is 5.29. The summed E-state index contributed by atoms with van der Waals surface area (Å²) in [6, 6.07) is 12.9. The first kappa shape index (κ1) is 25.3. The van der Waals surface area contributed by atoms with Crippen molar-refractivity contribution in [2.75, 3.05) is 12.9 Å². The molecule has 35 heavy (non-hydrogen) atoms. The molecule has 0 radical (unpaired) electrons. The second-order valence-corrected chi connectivity index (χ2v) is 10.5. The molecule has 1 heterocycles. The Bertz CT molecular complexity index is 1500. The quantitative estimate of drug-likeness (QED) is 0.312. The first-order chi connectivity index (χ1) is 16.4. The van der Waals surface area contributed by atoms with E-state index in [1.165, 1.54) is 36.4 Å². The Kier molecular flexibility index (Phi) is 6.76. The Balaban J connectivity index is 1.81. The van der Waals surface area contributed by atoms with E-state index in [9.17, 15) is 26.7 Å². The summed E-state index contributed by atoms with van der Waals surface area (Å²) >= 11 is 13.0. The van der Waals surface area contributed by atoms with Crippen LogP contribution in [-0.4, -0.2) is 42.7 Å². The number of aliphatic hydroxyl groups is 1. The number of rotatable bonds is 6. The van der Waals surface area contributed by atoms with E-state index in [4.69, 9.17) is 23.2 Å². The minimum atomic E-state index is -4.92. The molecule has 0 fully saturated rings. The van der Waals surface area contributed by atoms with E-state index in [-0.39, 0.29) is 38.2 Å². The van der Waals surface area contributed by atoms with Crippen molar-refractivity contribution in [3.63, 3.8) is 0 Å². The Morgan fingerprint density at radius 1 is 1.11 bits per heavy atom. The first-order valence-electron chi connectivity index (χ1n) is 10.0. The molecule has 0 bridgehead atoms. The number of nitrogens with zero attached hydrogens (tertiary/aromatic N) is 1. The molecule has 3 aromatic carbocycles. The number of alkyl halides is 3. The Labute approximate surface area is 208 Å². The van der Waals surface area contributed by atoms with Gasteiger partial charge in [-0.2, -0.15) is 0 Å². The van der Waals surface area contributed by atoms with Crippen molar-refractivity contribution >= 4 is 44.1 Å². The summed E-state index contributed by atoms with van der Waals surface area (Å²) in [5.41, 5.74) is 1.36. The van der Waals surface area contributed by atoms with Crippen LogP contribution in [0.4, 0.5) is 13.2 Å². The standard InChI is InChI=1S/C23H17Cl2F3N2O4S/c1-35(32,33)13-8-6-12(7-9-13)15(11-31)22-29-17-10-16(24)19(20(25)21(17)30-22)14-4-2-3-5-18(14)34-23(26,27)28/h2-10,15,31H,11H2,1H3,(H,29,30). The van der Waals surface area contributed by atoms with Crippen molar-refractivity contribution in [3.05, 3.63) is 76.0 Å². The lowest BCUT2D eigenvalue weighted by Gasteiger charge is -2.15. The summed E-state index contributed by atoms with van der Waals surface area (Å²) in [5, 5.41) is 10.1. The van der Waals surface area contributed by atoms with Gasteiger partial charge in [0.25, 0.3) is 0 Å². The maximum Gasteiger partial charge on any atom is 0.573 e. The van der Waals surface area contributed by atoms with Gasteiger partial charge >= 0.3 is 6.36 Å². The molecule has 0 aliphatic rings. The molecule has 4 aromatic rings. The van der Waals surface area contributed by atoms with Crippen LogP contribution in [0.1, 0.15) is 17.3 Å². The number of H-pyrrole nitrogens is 1. The number of imidazole rings is 1. The molecule has 6 nitrogen and oxygen atoms in total. The van der Waals surface area contributed by atoms with E-state index in [0.717, 1.165) is 12.3 Å². The predicted molar refractivity (Wildman–Crippen MR) is 127 cm³/mol. The number of fused-ring (bicyclic) bond motifs is 1. The van der Waals surface area contributed by atoms with E-state index < -0.39 is 27.9 Å². The van der Waals surface area contributed by atoms with Gasteiger partial charge in [-0.25, -0.2) is 13.4 Å². The normalized spacial score (nSPS) is 13.2. The van der Waals surface area contributed by atoms with Crippen molar-refractivity contribution in [1.82, 2.24) is 9.97 Å². The Morgan fingerprint density at radius 3 is 2.37 bits per heavy atom. The van der Waals surface area contributed by atoms with E-state index in [2.05, 4.69) is 14.7 Å². The average Bonchev–Trinajstić information content (AvgIpc) is 3.18. The Hall–Kier alpha value is -2.79. The van der Waals surface area contributed by atoms with Crippen LogP contribution in [0.25, 0.3) is 22.2 Å². The first-order valence-corrected chi connectivity index (χ1v) is 12.7. The number of hydrogen-bond acceptors (Lipinski definition) is 5. The van der Waals surface area contributed by atoms with E-state index >= 15 is 0 Å². The summed E-state index contributed by atoms with van der Waals surface area (Å²) < 4.78 is 66.3. The maximum atomic E-state index is 12.9. The molecule has 0 amide bonds. The molecule has 1 atom stereocenters. The predicted octanol–water partition coefficient (Wildman–Crippen LogP) is 5.96. The lowest BCUT2D eigenvalue weighted by atomic mass is 9.99. The minimum Gasteiger partial charge on any atom is -0.405 e. The summed E-state index contributed by atoms with van der Waals surface area (Å²) in [5.74, 6) is -0.821. The largest absolute Gasteiger partial charge is 0.573 e. The number of para-hydroxylation sites is 1. The van der Waals surface area contributed by atoms with Gasteiger partial charge in [0.1, 0.15) is 17.1 Å². The fraction of sp³-hybridized carbons (Fsp3) is 0.174. The van der Waals surface area contributed by atoms with Crippen LogP contribution in [0, 0.1) is 0 Å². The molecule has 4 rings (SSSR count). The number of aliphatic hydroxyl groups excluding tert-OH is 1. The number of ether oxygens (including phenoxy) is 1. The van der Waals surface area contributed by atoms with Gasteiger partial charge in [-0.3, -0.25) is 0 Å². The molecule has 1 unspecified atom stereocenters. The second-order valence-electron chi connectivity index (χ2n) is 7.69. The van der Waals surface area contributed by atoms with Gasteiger partial charge in [-0.1, -0.05) is 53.5 Å². The molecule has 0 aliphatic heterocycles. The van der Waals surface area contributed by atoms with Crippen LogP contribution >= 0.6 is 23.2 Å². The third-order valence-corrected chi connectivity index (χ3v) is 7.09. The van der Waals surface area contributed by atoms with Crippen molar-refractivity contribution in [1.29, 1.82) is 0 Å². The molecule has 2 N–H and O–H groups in total. The molecule has 0 aliphatic carbocycles. The van der Waals surface area contributed by atoms with Gasteiger partial charge in [0.2, 0.25) is 0 Å². The molecule has 12 heteroatoms. The summed E-state index contributed by atoms with van der Waals surface area (Å²) in [6.45, 7) is -0.363. The summed E-state index contributed by atoms with van der Waals surface area (Å²) in [6.07, 6.45) is -3.83. The van der Waals surface area contributed by atoms with Crippen molar-refractivity contribution in [2.24, 2.45) is 0 Å². The lowest BCUT2D eigenvalue weighted by Crippen LogP contribution is -2.17. The van der Waals surface area contributed by atoms with Gasteiger partial charge in [-0.05, 0) is 29.8 Å². The number of sulfone groups is 1. The Morgan fingerprint density at radius 2 is 1.77 bits per heavy atom. The molecular formula is C23H17Cl2F3N2O4S. The number of aromatic nitrogens is 2. The smallest absolute Gasteiger partial charge is 0.405 e. The van der Waals surface area contributed by atoms with Crippen molar-refractivity contribution in [3.8, 4) is 16.9 Å². The number of nitrogens with one attached hydrogen (secondary N) is 1. The van der Waals surface area contributed by atoms with E-state index in [1.54, 1.807) is 12.1 Å². The third kappa shape index (κ3) is 5.25. The molecule has 0 saturated heterocycles. The highest BCUT2D eigenvalue weighted by atomic mass is 35.5. The number of aromatic amines is 1. The SMILES string of the molecule is CS(=O)(=O)c1ccc(C(CO)c2nc3c(Cl)c(-c4ccccc4OC(F)(F)F)c(Cl)cc3[nH]2)cc1. The maximum absolute atomic E-state index is 12.9. The highest BCUT2D eigenvalue weighted by Gasteiger charge is 2.33. The van der Waals surface area contributed by atoms with E-state index in [0.29, 0.717) is 16.9 Å². The zero-order valence-electron chi connectivity index (χ0n) is 17.9. The fourth-order valence-corrected chi connectivity index (χ4v) is 5.03. The molecule has 0 saturated carbocycles. The van der Waals surface area contributed by atoms with Crippen LogP contribution in [0.5, 0.6) is 5.75 Å². The summed E-state index contributed by atoms with van der Waals surface area (Å²) in [4.78, 5) is 7.64. The topological polar surface area (TPSA) is 92.3 Å². The highest BCUT2D eigenvalue weighted by molar-refractivity contribution is 7.90. The van der Waals surface area contributed by atoms with Crippen LogP contribution in [0.15, 0.2) is 59.5 Å². The molecular weight excluding hydrogens is 528 g/mol. The van der Waals surface area contributed by atoms with Gasteiger partial charge < -0.3 is 14.8 Å². The van der Waals surface area contributed by atoms with Gasteiger partial charge in [0, 0.05) is 17.4 Å². The minimum absolute atomic E-state index is 0.00246. The zero-order chi connectivity index (χ0) is 25.5. The number of halogens is 5.